The van der Waals surface area contributed by atoms with E-state index >= 15 is 0 Å². The van der Waals surface area contributed by atoms with Crippen molar-refractivity contribution in [2.75, 3.05) is 4.90 Å². The summed E-state index contributed by atoms with van der Waals surface area (Å²) in [4.78, 5) is 2.52. The number of benzene rings is 8. The zero-order valence-electron chi connectivity index (χ0n) is 30.7. The average Bonchev–Trinajstić information content (AvgIpc) is 3.59. The molecule has 0 unspecified atom stereocenters. The number of nitrogens with zero attached hydrogens (tertiary/aromatic N) is 1. The van der Waals surface area contributed by atoms with E-state index in [1.807, 2.05) is 0 Å². The molecule has 0 radical (unpaired) electrons. The second-order valence-corrected chi connectivity index (χ2v) is 15.8. The zero-order valence-corrected chi connectivity index (χ0v) is 30.7. The Morgan fingerprint density at radius 3 is 1.60 bits per heavy atom. The molecule has 0 atom stereocenters. The van der Waals surface area contributed by atoms with Crippen LogP contribution in [0, 0.1) is 0 Å². The van der Waals surface area contributed by atoms with Crippen molar-refractivity contribution in [2.24, 2.45) is 0 Å². The molecule has 254 valence electrons. The molecule has 53 heavy (non-hydrogen) atoms. The summed E-state index contributed by atoms with van der Waals surface area (Å²) in [5.74, 6) is 0. The van der Waals surface area contributed by atoms with E-state index in [1.165, 1.54) is 88.9 Å². The number of hydrogen-bond acceptors (Lipinski definition) is 1. The summed E-state index contributed by atoms with van der Waals surface area (Å²) in [6, 6.07) is 65.2. The van der Waals surface area contributed by atoms with Crippen molar-refractivity contribution in [1.29, 1.82) is 0 Å². The molecule has 2 aliphatic carbocycles. The Labute approximate surface area is 312 Å². The summed E-state index contributed by atoms with van der Waals surface area (Å²) in [6.07, 6.45) is 0. The lowest BCUT2D eigenvalue weighted by Gasteiger charge is -2.31. The quantitative estimate of drug-likeness (QED) is 0.175. The van der Waals surface area contributed by atoms with Gasteiger partial charge in [0.05, 0.1) is 5.69 Å². The van der Waals surface area contributed by atoms with Crippen LogP contribution in [-0.2, 0) is 10.8 Å². The van der Waals surface area contributed by atoms with E-state index in [1.54, 1.807) is 0 Å². The van der Waals surface area contributed by atoms with Crippen molar-refractivity contribution >= 4 is 27.8 Å². The molecular formula is C52H41N. The highest BCUT2D eigenvalue weighted by Crippen LogP contribution is 2.58. The molecule has 8 aromatic carbocycles. The van der Waals surface area contributed by atoms with Crippen LogP contribution < -0.4 is 4.90 Å². The molecule has 0 spiro atoms. The third-order valence-corrected chi connectivity index (χ3v) is 12.0. The van der Waals surface area contributed by atoms with Crippen molar-refractivity contribution in [3.63, 3.8) is 0 Å². The van der Waals surface area contributed by atoms with Gasteiger partial charge in [-0.1, -0.05) is 167 Å². The predicted molar refractivity (Wildman–Crippen MR) is 225 cm³/mol. The average molecular weight is 680 g/mol. The van der Waals surface area contributed by atoms with Crippen molar-refractivity contribution in [1.82, 2.24) is 0 Å². The lowest BCUT2D eigenvalue weighted by Crippen LogP contribution is -2.18. The SMILES string of the molecule is CC1(C)c2ccccc2-c2ccc(N(c3ccc(-c4ccccc4)cc3)c3cc4ccc(-c5ccccc5)cc4c4c3-c3ccccc3C4(C)C)cc21. The maximum atomic E-state index is 2.52. The Kier molecular flexibility index (Phi) is 6.94. The Bertz CT molecular complexity index is 2700. The molecule has 2 aliphatic rings. The van der Waals surface area contributed by atoms with E-state index in [2.05, 4.69) is 209 Å². The monoisotopic (exact) mass is 679 g/mol. The fraction of sp³-hybridized carbons (Fsp3) is 0.115. The molecule has 0 amide bonds. The second kappa shape index (κ2) is 11.7. The third-order valence-electron chi connectivity index (χ3n) is 12.0. The van der Waals surface area contributed by atoms with Crippen LogP contribution in [0.4, 0.5) is 17.1 Å². The van der Waals surface area contributed by atoms with E-state index < -0.39 is 0 Å². The first-order chi connectivity index (χ1) is 25.8. The first-order valence-electron chi connectivity index (χ1n) is 18.8. The van der Waals surface area contributed by atoms with Crippen molar-refractivity contribution in [2.45, 2.75) is 38.5 Å². The Morgan fingerprint density at radius 2 is 0.906 bits per heavy atom. The molecule has 0 fully saturated rings. The van der Waals surface area contributed by atoms with Crippen molar-refractivity contribution < 1.29 is 0 Å². The lowest BCUT2D eigenvalue weighted by atomic mass is 9.79. The molecule has 0 aliphatic heterocycles. The van der Waals surface area contributed by atoms with Crippen LogP contribution >= 0.6 is 0 Å². The minimum atomic E-state index is -0.195. The van der Waals surface area contributed by atoms with Crippen LogP contribution in [0.2, 0.25) is 0 Å². The van der Waals surface area contributed by atoms with Gasteiger partial charge in [-0.05, 0) is 108 Å². The van der Waals surface area contributed by atoms with Crippen LogP contribution in [0.15, 0.2) is 176 Å². The molecule has 0 bridgehead atoms. The highest BCUT2D eigenvalue weighted by Gasteiger charge is 2.40. The Hall–Kier alpha value is -6.18. The topological polar surface area (TPSA) is 3.24 Å². The van der Waals surface area contributed by atoms with Gasteiger partial charge < -0.3 is 4.90 Å². The maximum absolute atomic E-state index is 2.52. The predicted octanol–water partition coefficient (Wildman–Crippen LogP) is 14.3. The first-order valence-corrected chi connectivity index (χ1v) is 18.8. The van der Waals surface area contributed by atoms with Crippen LogP contribution in [0.1, 0.15) is 49.9 Å². The second-order valence-electron chi connectivity index (χ2n) is 15.8. The smallest absolute Gasteiger partial charge is 0.0549 e. The minimum absolute atomic E-state index is 0.113. The summed E-state index contributed by atoms with van der Waals surface area (Å²) in [5, 5.41) is 2.57. The van der Waals surface area contributed by atoms with Gasteiger partial charge >= 0.3 is 0 Å². The van der Waals surface area contributed by atoms with Crippen molar-refractivity contribution in [3.05, 3.63) is 198 Å². The Balaban J connectivity index is 1.25. The van der Waals surface area contributed by atoms with Gasteiger partial charge in [-0.15, -0.1) is 0 Å². The largest absolute Gasteiger partial charge is 0.310 e. The number of anilines is 3. The molecule has 10 rings (SSSR count). The van der Waals surface area contributed by atoms with Gasteiger partial charge in [0.1, 0.15) is 0 Å². The van der Waals surface area contributed by atoms with Crippen LogP contribution in [0.5, 0.6) is 0 Å². The lowest BCUT2D eigenvalue weighted by molar-refractivity contribution is 0.660. The minimum Gasteiger partial charge on any atom is -0.310 e. The standard InChI is InChI=1S/C52H41N/c1-51(2)45-21-13-11-19-41(45)42-30-29-40(33-47(42)51)53(39-27-25-36(26-28-39)34-15-7-5-8-16-34)48-32-38-24-23-37(35-17-9-6-10-18-35)31-44(38)50-49(48)43-20-12-14-22-46(43)52(50,3)4/h5-33H,1-4H3. The summed E-state index contributed by atoms with van der Waals surface area (Å²) in [7, 11) is 0. The first kappa shape index (κ1) is 31.5. The number of fused-ring (bicyclic) bond motifs is 8. The highest BCUT2D eigenvalue weighted by molar-refractivity contribution is 6.07. The molecule has 0 saturated heterocycles. The summed E-state index contributed by atoms with van der Waals surface area (Å²) in [6.45, 7) is 9.56. The summed E-state index contributed by atoms with van der Waals surface area (Å²) in [5.41, 5.74) is 19.0. The summed E-state index contributed by atoms with van der Waals surface area (Å²) < 4.78 is 0. The van der Waals surface area contributed by atoms with E-state index in [0.29, 0.717) is 0 Å². The molecular weight excluding hydrogens is 639 g/mol. The third kappa shape index (κ3) is 4.77. The molecule has 0 N–H and O–H groups in total. The normalized spacial score (nSPS) is 14.3. The maximum Gasteiger partial charge on any atom is 0.0549 e. The zero-order chi connectivity index (χ0) is 35.9. The van der Waals surface area contributed by atoms with Crippen LogP contribution in [0.25, 0.3) is 55.3 Å². The van der Waals surface area contributed by atoms with Crippen LogP contribution in [0.3, 0.4) is 0 Å². The van der Waals surface area contributed by atoms with E-state index in [4.69, 9.17) is 0 Å². The van der Waals surface area contributed by atoms with Gasteiger partial charge in [-0.25, -0.2) is 0 Å². The molecule has 1 nitrogen and oxygen atoms in total. The van der Waals surface area contributed by atoms with Gasteiger partial charge in [0.15, 0.2) is 0 Å². The summed E-state index contributed by atoms with van der Waals surface area (Å²) >= 11 is 0. The molecule has 0 saturated carbocycles. The van der Waals surface area contributed by atoms with Gasteiger partial charge in [0.2, 0.25) is 0 Å². The Morgan fingerprint density at radius 1 is 0.377 bits per heavy atom. The van der Waals surface area contributed by atoms with Gasteiger partial charge in [-0.2, -0.15) is 0 Å². The van der Waals surface area contributed by atoms with Crippen molar-refractivity contribution in [3.8, 4) is 44.5 Å². The van der Waals surface area contributed by atoms with Crippen LogP contribution in [-0.4, -0.2) is 0 Å². The number of rotatable bonds is 5. The number of hydrogen-bond donors (Lipinski definition) is 0. The molecule has 0 aromatic heterocycles. The van der Waals surface area contributed by atoms with E-state index in [9.17, 15) is 0 Å². The highest BCUT2D eigenvalue weighted by atomic mass is 15.1. The van der Waals surface area contributed by atoms with Gasteiger partial charge in [-0.3, -0.25) is 0 Å². The van der Waals surface area contributed by atoms with Gasteiger partial charge in [0, 0.05) is 27.8 Å². The van der Waals surface area contributed by atoms with Gasteiger partial charge in [0.25, 0.3) is 0 Å². The molecule has 8 aromatic rings. The van der Waals surface area contributed by atoms with E-state index in [0.717, 1.165) is 5.69 Å². The van der Waals surface area contributed by atoms with E-state index in [-0.39, 0.29) is 10.8 Å². The fourth-order valence-corrected chi connectivity index (χ4v) is 9.36. The molecule has 0 heterocycles. The molecule has 1 heteroatoms. The fourth-order valence-electron chi connectivity index (χ4n) is 9.36.